The number of thiazole rings is 1. The maximum atomic E-state index is 14.0. The number of halogens is 6. The number of aromatic nitrogens is 6. The van der Waals surface area contributed by atoms with Crippen molar-refractivity contribution in [2.24, 2.45) is 0 Å². The number of nitrogens with zero attached hydrogens (tertiary/aromatic N) is 6. The van der Waals surface area contributed by atoms with Crippen LogP contribution >= 0.6 is 38.9 Å². The van der Waals surface area contributed by atoms with Gasteiger partial charge in [0.05, 0.1) is 34.2 Å². The number of aliphatic hydroxyl groups excluding tert-OH is 3. The zero-order valence-electron chi connectivity index (χ0n) is 18.7. The second kappa shape index (κ2) is 10.3. The molecule has 5 rings (SSSR count). The van der Waals surface area contributed by atoms with E-state index >= 15 is 0 Å². The van der Waals surface area contributed by atoms with Gasteiger partial charge in [-0.25, -0.2) is 18.7 Å². The zero-order valence-corrected chi connectivity index (χ0v) is 21.8. The van der Waals surface area contributed by atoms with Crippen molar-refractivity contribution >= 4 is 38.9 Å². The summed E-state index contributed by atoms with van der Waals surface area (Å²) in [6.07, 6.45) is -8.10. The molecule has 0 amide bonds. The van der Waals surface area contributed by atoms with Gasteiger partial charge in [0.1, 0.15) is 52.1 Å². The smallest absolute Gasteiger partial charge is 0.394 e. The molecule has 0 aliphatic carbocycles. The van der Waals surface area contributed by atoms with Crippen molar-refractivity contribution in [1.29, 1.82) is 0 Å². The van der Waals surface area contributed by atoms with Gasteiger partial charge in [-0.05, 0) is 34.1 Å². The Morgan fingerprint density at radius 3 is 2.63 bits per heavy atom. The first kappa shape index (κ1) is 27.1. The lowest BCUT2D eigenvalue weighted by Crippen LogP contribution is -2.53. The minimum atomic E-state index is -4.94. The van der Waals surface area contributed by atoms with Crippen LogP contribution in [0.25, 0.3) is 16.4 Å². The Bertz CT molecular complexity index is 1470. The van der Waals surface area contributed by atoms with E-state index in [2.05, 4.69) is 36.3 Å². The molecule has 1 aliphatic rings. The van der Waals surface area contributed by atoms with Gasteiger partial charge in [-0.2, -0.15) is 18.3 Å². The summed E-state index contributed by atoms with van der Waals surface area (Å²) < 4.78 is 62.9. The van der Waals surface area contributed by atoms with Gasteiger partial charge in [0, 0.05) is 11.6 Å². The Morgan fingerprint density at radius 2 is 1.97 bits per heavy atom. The lowest BCUT2D eigenvalue weighted by Gasteiger charge is -2.42. The number of rotatable bonds is 5. The van der Waals surface area contributed by atoms with Gasteiger partial charge in [-0.15, -0.1) is 16.4 Å². The molecule has 3 N–H and O–H groups in total. The van der Waals surface area contributed by atoms with Gasteiger partial charge in [-0.1, -0.05) is 16.8 Å². The largest absolute Gasteiger partial charge is 0.418 e. The van der Waals surface area contributed by atoms with Crippen LogP contribution in [0.5, 0.6) is 0 Å². The second-order valence-electron chi connectivity index (χ2n) is 8.26. The number of hydrogen-bond donors (Lipinski definition) is 3. The highest BCUT2D eigenvalue weighted by atomic mass is 79.9. The molecular weight excluding hydrogens is 624 g/mol. The molecule has 4 aromatic rings. The van der Waals surface area contributed by atoms with Gasteiger partial charge in [0.25, 0.3) is 0 Å². The molecule has 1 fully saturated rings. The summed E-state index contributed by atoms with van der Waals surface area (Å²) in [6.45, 7) is -0.686. The predicted molar refractivity (Wildman–Crippen MR) is 128 cm³/mol. The highest BCUT2D eigenvalue weighted by Gasteiger charge is 2.48. The molecule has 10 nitrogen and oxygen atoms in total. The van der Waals surface area contributed by atoms with Gasteiger partial charge in [0.15, 0.2) is 0 Å². The quantitative estimate of drug-likeness (QED) is 0.283. The van der Waals surface area contributed by atoms with E-state index in [1.165, 1.54) is 29.8 Å². The minimum Gasteiger partial charge on any atom is -0.394 e. The summed E-state index contributed by atoms with van der Waals surface area (Å²) >= 11 is 9.95. The van der Waals surface area contributed by atoms with Gasteiger partial charge in [-0.3, -0.25) is 0 Å². The predicted octanol–water partition coefficient (Wildman–Crippen LogP) is 3.56. The summed E-state index contributed by atoms with van der Waals surface area (Å²) in [5.41, 5.74) is -1.61. The van der Waals surface area contributed by atoms with Crippen molar-refractivity contribution in [2.45, 2.75) is 36.6 Å². The Morgan fingerprint density at radius 1 is 1.21 bits per heavy atom. The molecule has 17 heteroatoms. The third-order valence-corrected chi connectivity index (χ3v) is 7.73. The molecule has 202 valence electrons. The molecule has 3 aromatic heterocycles. The second-order valence-corrected chi connectivity index (χ2v) is 10.4. The summed E-state index contributed by atoms with van der Waals surface area (Å²) in [5.74, 6) is -1.13. The third kappa shape index (κ3) is 4.85. The van der Waals surface area contributed by atoms with Gasteiger partial charge < -0.3 is 20.1 Å². The Kier molecular flexibility index (Phi) is 7.32. The van der Waals surface area contributed by atoms with Crippen LogP contribution in [0.15, 0.2) is 40.4 Å². The molecule has 1 aliphatic heterocycles. The van der Waals surface area contributed by atoms with E-state index in [4.69, 9.17) is 16.3 Å². The number of aliphatic hydroxyl groups is 3. The summed E-state index contributed by atoms with van der Waals surface area (Å²) in [4.78, 5) is 4.10. The number of alkyl halides is 3. The Hall–Kier alpha value is -2.47. The molecule has 5 atom stereocenters. The zero-order chi connectivity index (χ0) is 27.4. The van der Waals surface area contributed by atoms with Crippen molar-refractivity contribution in [2.75, 3.05) is 6.61 Å². The van der Waals surface area contributed by atoms with Gasteiger partial charge in [0.2, 0.25) is 0 Å². The van der Waals surface area contributed by atoms with E-state index in [9.17, 15) is 32.9 Å². The van der Waals surface area contributed by atoms with E-state index in [-0.39, 0.29) is 15.3 Å². The van der Waals surface area contributed by atoms with Crippen molar-refractivity contribution < 1.29 is 37.6 Å². The van der Waals surface area contributed by atoms with E-state index in [1.54, 1.807) is 5.38 Å². The molecule has 2 unspecified atom stereocenters. The third-order valence-electron chi connectivity index (χ3n) is 5.94. The van der Waals surface area contributed by atoms with Crippen molar-refractivity contribution in [1.82, 2.24) is 29.8 Å². The fraction of sp³-hybridized carbons (Fsp3) is 0.333. The van der Waals surface area contributed by atoms with Crippen LogP contribution in [0.2, 0.25) is 5.15 Å². The first-order chi connectivity index (χ1) is 18.0. The monoisotopic (exact) mass is 638 g/mol. The molecule has 4 heterocycles. The van der Waals surface area contributed by atoms with E-state index < -0.39 is 60.3 Å². The maximum Gasteiger partial charge on any atom is 0.418 e. The molecule has 1 aromatic carbocycles. The topological polar surface area (TPSA) is 131 Å². The van der Waals surface area contributed by atoms with E-state index in [0.717, 1.165) is 15.4 Å². The molecule has 0 radical (unpaired) electrons. The Labute approximate surface area is 228 Å². The number of benzene rings is 1. The molecule has 1 saturated heterocycles. The summed E-state index contributed by atoms with van der Waals surface area (Å²) in [7, 11) is 0. The molecule has 0 saturated carbocycles. The first-order valence-electron chi connectivity index (χ1n) is 10.8. The summed E-state index contributed by atoms with van der Waals surface area (Å²) in [6, 6.07) is 1.29. The van der Waals surface area contributed by atoms with Crippen LogP contribution in [-0.4, -0.2) is 70.0 Å². The fourth-order valence-electron chi connectivity index (χ4n) is 4.22. The van der Waals surface area contributed by atoms with Gasteiger partial charge >= 0.3 is 6.18 Å². The van der Waals surface area contributed by atoms with Crippen LogP contribution in [0.4, 0.5) is 17.6 Å². The lowest BCUT2D eigenvalue weighted by molar-refractivity contribution is -0.209. The van der Waals surface area contributed by atoms with Crippen LogP contribution < -0.4 is 0 Å². The standard InChI is InChI=1S/C21H16BrClF4N6O4S/c22-9-4-13(8(3-10(9)24)21(25,26)27)33-12(1-2-28-33)19-18(36)16(17(35)14(6-34)37-19)32-5-11(30-31-32)20-29-15(23)7-38-20/h1-5,7,14,16-19,34-36H,6H2/t14?,16-,17-,18?,19-/m0/s1. The average molecular weight is 640 g/mol. The molecule has 0 bridgehead atoms. The van der Waals surface area contributed by atoms with Crippen LogP contribution in [0, 0.1) is 5.82 Å². The maximum absolute atomic E-state index is 14.0. The highest BCUT2D eigenvalue weighted by Crippen LogP contribution is 2.41. The van der Waals surface area contributed by atoms with Crippen LogP contribution in [0.1, 0.15) is 23.4 Å². The van der Waals surface area contributed by atoms with Crippen LogP contribution in [-0.2, 0) is 10.9 Å². The van der Waals surface area contributed by atoms with E-state index in [1.807, 2.05) is 0 Å². The molecule has 0 spiro atoms. The molecule has 38 heavy (non-hydrogen) atoms. The van der Waals surface area contributed by atoms with Crippen molar-refractivity contribution in [3.8, 4) is 16.4 Å². The van der Waals surface area contributed by atoms with Crippen molar-refractivity contribution in [3.63, 3.8) is 0 Å². The molecular formula is C21H16BrClF4N6O4S. The Balaban J connectivity index is 1.57. The SMILES string of the molecule is OCC1O[C@@H](c2ccnn2-c2cc(Br)c(F)cc2C(F)(F)F)C(O)[C@@H](n2cc(-c3nc(Cl)cs3)nn2)[C@H]1O. The fourth-order valence-corrected chi connectivity index (χ4v) is 5.45. The average Bonchev–Trinajstić information content (AvgIpc) is 3.61. The highest BCUT2D eigenvalue weighted by molar-refractivity contribution is 9.10. The summed E-state index contributed by atoms with van der Waals surface area (Å²) in [5, 5.41) is 46.2. The first-order valence-corrected chi connectivity index (χ1v) is 12.8. The number of hydrogen-bond acceptors (Lipinski definition) is 9. The van der Waals surface area contributed by atoms with Crippen molar-refractivity contribution in [3.05, 3.63) is 62.7 Å². The lowest BCUT2D eigenvalue weighted by atomic mass is 9.91. The van der Waals surface area contributed by atoms with E-state index in [0.29, 0.717) is 16.8 Å². The minimum absolute atomic E-state index is 0.0519. The normalized spacial score (nSPS) is 24.2. The van der Waals surface area contributed by atoms with Crippen LogP contribution in [0.3, 0.4) is 0 Å². The number of ether oxygens (including phenoxy) is 1.